The minimum absolute atomic E-state index is 0.0132. The number of primary amides is 1. The minimum Gasteiger partial charge on any atom is -0.389 e. The third-order valence-electron chi connectivity index (χ3n) is 3.74. The van der Waals surface area contributed by atoms with Crippen molar-refractivity contribution in [3.05, 3.63) is 0 Å². The molecule has 4 atom stereocenters. The molecule has 0 saturated heterocycles. The normalized spacial score (nSPS) is 26.9. The number of rotatable bonds is 8. The van der Waals surface area contributed by atoms with Crippen LogP contribution in [0.2, 0.25) is 0 Å². The van der Waals surface area contributed by atoms with E-state index in [9.17, 15) is 9.90 Å². The van der Waals surface area contributed by atoms with E-state index in [1.807, 2.05) is 6.92 Å². The summed E-state index contributed by atoms with van der Waals surface area (Å²) < 4.78 is 5.79. The van der Waals surface area contributed by atoms with E-state index in [1.165, 1.54) is 19.3 Å². The summed E-state index contributed by atoms with van der Waals surface area (Å²) in [6.45, 7) is 4.87. The number of aliphatic hydroxyl groups is 1. The van der Waals surface area contributed by atoms with Gasteiger partial charge in [-0.3, -0.25) is 4.79 Å². The standard InChI is InChI=1S/C14H28N2O3/c1-10-5-3-4-6-13(10)19-9-12(17)8-16-11(2)7-14(15)18/h10-13,16-17H,3-9H2,1-2H3,(H2,15,18). The Morgan fingerprint density at radius 1 is 1.47 bits per heavy atom. The van der Waals surface area contributed by atoms with Crippen molar-refractivity contribution in [3.63, 3.8) is 0 Å². The number of hydrogen-bond acceptors (Lipinski definition) is 4. The topological polar surface area (TPSA) is 84.6 Å². The molecular formula is C14H28N2O3. The minimum atomic E-state index is -0.538. The van der Waals surface area contributed by atoms with Crippen molar-refractivity contribution < 1.29 is 14.6 Å². The molecule has 1 aliphatic rings. The number of carbonyl (C=O) groups is 1. The Morgan fingerprint density at radius 3 is 2.79 bits per heavy atom. The van der Waals surface area contributed by atoms with Crippen LogP contribution in [-0.4, -0.2) is 42.4 Å². The summed E-state index contributed by atoms with van der Waals surface area (Å²) in [6, 6.07) is -0.0132. The van der Waals surface area contributed by atoms with Crippen LogP contribution in [0.25, 0.3) is 0 Å². The Labute approximate surface area is 115 Å². The van der Waals surface area contributed by atoms with Crippen molar-refractivity contribution in [3.8, 4) is 0 Å². The van der Waals surface area contributed by atoms with Gasteiger partial charge in [0.1, 0.15) is 0 Å². The van der Waals surface area contributed by atoms with Crippen LogP contribution in [-0.2, 0) is 9.53 Å². The highest BCUT2D eigenvalue weighted by Crippen LogP contribution is 2.26. The molecule has 0 heterocycles. The lowest BCUT2D eigenvalue weighted by molar-refractivity contribution is -0.118. The third kappa shape index (κ3) is 6.89. The molecule has 5 heteroatoms. The SMILES string of the molecule is CC(CC(N)=O)NCC(O)COC1CCCCC1C. The Bertz CT molecular complexity index is 273. The zero-order chi connectivity index (χ0) is 14.3. The summed E-state index contributed by atoms with van der Waals surface area (Å²) >= 11 is 0. The molecule has 1 amide bonds. The Balaban J connectivity index is 2.13. The lowest BCUT2D eigenvalue weighted by Crippen LogP contribution is -2.39. The highest BCUT2D eigenvalue weighted by atomic mass is 16.5. The molecule has 0 aromatic carbocycles. The lowest BCUT2D eigenvalue weighted by Gasteiger charge is -2.29. The first-order valence-corrected chi connectivity index (χ1v) is 7.30. The summed E-state index contributed by atoms with van der Waals surface area (Å²) in [6.07, 6.45) is 4.85. The Kier molecular flexibility index (Phi) is 7.34. The molecule has 1 saturated carbocycles. The fourth-order valence-electron chi connectivity index (χ4n) is 2.53. The van der Waals surface area contributed by atoms with Gasteiger partial charge in [-0.1, -0.05) is 19.8 Å². The predicted octanol–water partition coefficient (Wildman–Crippen LogP) is 0.796. The smallest absolute Gasteiger partial charge is 0.218 e. The van der Waals surface area contributed by atoms with E-state index in [4.69, 9.17) is 10.5 Å². The highest BCUT2D eigenvalue weighted by molar-refractivity contribution is 5.74. The van der Waals surface area contributed by atoms with E-state index in [-0.39, 0.29) is 24.5 Å². The van der Waals surface area contributed by atoms with Crippen molar-refractivity contribution in [2.75, 3.05) is 13.2 Å². The quantitative estimate of drug-likeness (QED) is 0.610. The van der Waals surface area contributed by atoms with Crippen molar-refractivity contribution >= 4 is 5.91 Å². The zero-order valence-electron chi connectivity index (χ0n) is 12.1. The number of aliphatic hydroxyl groups excluding tert-OH is 1. The molecular weight excluding hydrogens is 244 g/mol. The molecule has 19 heavy (non-hydrogen) atoms. The van der Waals surface area contributed by atoms with Crippen LogP contribution in [0.4, 0.5) is 0 Å². The molecule has 112 valence electrons. The number of amides is 1. The fraction of sp³-hybridized carbons (Fsp3) is 0.929. The molecule has 1 fully saturated rings. The average molecular weight is 272 g/mol. The van der Waals surface area contributed by atoms with Crippen molar-refractivity contribution in [1.29, 1.82) is 0 Å². The molecule has 4 N–H and O–H groups in total. The molecule has 1 aliphatic carbocycles. The van der Waals surface area contributed by atoms with Gasteiger partial charge in [-0.25, -0.2) is 0 Å². The van der Waals surface area contributed by atoms with Gasteiger partial charge >= 0.3 is 0 Å². The highest BCUT2D eigenvalue weighted by Gasteiger charge is 2.22. The van der Waals surface area contributed by atoms with E-state index in [1.54, 1.807) is 0 Å². The van der Waals surface area contributed by atoms with Crippen LogP contribution in [0, 0.1) is 5.92 Å². The monoisotopic (exact) mass is 272 g/mol. The maximum Gasteiger partial charge on any atom is 0.218 e. The number of ether oxygens (including phenoxy) is 1. The van der Waals surface area contributed by atoms with Gasteiger partial charge in [0.2, 0.25) is 5.91 Å². The number of nitrogens with two attached hydrogens (primary N) is 1. The van der Waals surface area contributed by atoms with Crippen LogP contribution < -0.4 is 11.1 Å². The van der Waals surface area contributed by atoms with Crippen LogP contribution in [0.5, 0.6) is 0 Å². The van der Waals surface area contributed by atoms with Gasteiger partial charge in [-0.2, -0.15) is 0 Å². The fourth-order valence-corrected chi connectivity index (χ4v) is 2.53. The van der Waals surface area contributed by atoms with E-state index >= 15 is 0 Å². The molecule has 0 aromatic heterocycles. The van der Waals surface area contributed by atoms with E-state index in [0.717, 1.165) is 6.42 Å². The van der Waals surface area contributed by atoms with Crippen LogP contribution in [0.3, 0.4) is 0 Å². The van der Waals surface area contributed by atoms with Crippen LogP contribution >= 0.6 is 0 Å². The second-order valence-corrected chi connectivity index (χ2v) is 5.77. The molecule has 0 aliphatic heterocycles. The van der Waals surface area contributed by atoms with Crippen molar-refractivity contribution in [2.45, 2.75) is 64.2 Å². The first kappa shape index (κ1) is 16.4. The maximum absolute atomic E-state index is 10.7. The second-order valence-electron chi connectivity index (χ2n) is 5.77. The first-order valence-electron chi connectivity index (χ1n) is 7.30. The molecule has 4 unspecified atom stereocenters. The number of nitrogens with one attached hydrogen (secondary N) is 1. The van der Waals surface area contributed by atoms with Gasteiger partial charge in [-0.15, -0.1) is 0 Å². The summed E-state index contributed by atoms with van der Waals surface area (Å²) in [5.41, 5.74) is 5.11. The van der Waals surface area contributed by atoms with Crippen LogP contribution in [0.15, 0.2) is 0 Å². The summed E-state index contributed by atoms with van der Waals surface area (Å²) in [5.74, 6) is 0.254. The summed E-state index contributed by atoms with van der Waals surface area (Å²) in [4.78, 5) is 10.7. The van der Waals surface area contributed by atoms with Gasteiger partial charge in [0.15, 0.2) is 0 Å². The Hall–Kier alpha value is -0.650. The molecule has 5 nitrogen and oxygen atoms in total. The maximum atomic E-state index is 10.7. The lowest BCUT2D eigenvalue weighted by atomic mass is 9.88. The first-order chi connectivity index (χ1) is 8.99. The zero-order valence-corrected chi connectivity index (χ0v) is 12.1. The van der Waals surface area contributed by atoms with Gasteiger partial charge in [0.25, 0.3) is 0 Å². The molecule has 1 rings (SSSR count). The molecule has 0 radical (unpaired) electrons. The van der Waals surface area contributed by atoms with Gasteiger partial charge < -0.3 is 20.9 Å². The summed E-state index contributed by atoms with van der Waals surface area (Å²) in [7, 11) is 0. The van der Waals surface area contributed by atoms with E-state index < -0.39 is 6.10 Å². The Morgan fingerprint density at radius 2 is 2.16 bits per heavy atom. The number of hydrogen-bond donors (Lipinski definition) is 3. The van der Waals surface area contributed by atoms with Crippen molar-refractivity contribution in [1.82, 2.24) is 5.32 Å². The van der Waals surface area contributed by atoms with Crippen molar-refractivity contribution in [2.24, 2.45) is 11.7 Å². The summed E-state index contributed by atoms with van der Waals surface area (Å²) in [5, 5.41) is 12.9. The average Bonchev–Trinajstić information content (AvgIpc) is 2.34. The van der Waals surface area contributed by atoms with Gasteiger partial charge in [0.05, 0.1) is 18.8 Å². The van der Waals surface area contributed by atoms with E-state index in [2.05, 4.69) is 12.2 Å². The largest absolute Gasteiger partial charge is 0.389 e. The van der Waals surface area contributed by atoms with Gasteiger partial charge in [0, 0.05) is 19.0 Å². The molecule has 0 aromatic rings. The molecule has 0 spiro atoms. The van der Waals surface area contributed by atoms with Gasteiger partial charge in [-0.05, 0) is 25.7 Å². The second kappa shape index (κ2) is 8.51. The number of carbonyl (C=O) groups excluding carboxylic acids is 1. The molecule has 0 bridgehead atoms. The van der Waals surface area contributed by atoms with E-state index in [0.29, 0.717) is 19.1 Å². The predicted molar refractivity (Wildman–Crippen MR) is 74.7 cm³/mol. The third-order valence-corrected chi connectivity index (χ3v) is 3.74. The van der Waals surface area contributed by atoms with Crippen LogP contribution in [0.1, 0.15) is 46.0 Å².